The zero-order valence-electron chi connectivity index (χ0n) is 17.6. The standard InChI is InChI=1S/C25H26F3N3O/c26-18-3-6-22(28)17(12-18)2-1-10-30-20-5-8-25(32-15-20)23(29)13-16-9-11-31-24-7-4-19(27)14-21(16)24/h1-4,6-7,9,11-12,14,20,23,25,30H,5,8,10,13,15,29H2/t20-,23-,25+/m1/s1. The van der Waals surface area contributed by atoms with E-state index in [4.69, 9.17) is 10.5 Å². The van der Waals surface area contributed by atoms with E-state index in [1.807, 2.05) is 6.07 Å². The molecule has 0 radical (unpaired) electrons. The van der Waals surface area contributed by atoms with E-state index in [-0.39, 0.29) is 29.6 Å². The lowest BCUT2D eigenvalue weighted by atomic mass is 9.94. The minimum atomic E-state index is -0.466. The molecule has 1 fully saturated rings. The molecule has 2 aromatic carbocycles. The highest BCUT2D eigenvalue weighted by molar-refractivity contribution is 5.82. The molecule has 1 aliphatic heterocycles. The Balaban J connectivity index is 1.26. The zero-order chi connectivity index (χ0) is 22.5. The highest BCUT2D eigenvalue weighted by Gasteiger charge is 2.26. The number of hydrogen-bond acceptors (Lipinski definition) is 4. The van der Waals surface area contributed by atoms with Gasteiger partial charge < -0.3 is 15.8 Å². The van der Waals surface area contributed by atoms with E-state index in [2.05, 4.69) is 10.3 Å². The van der Waals surface area contributed by atoms with Gasteiger partial charge in [0.15, 0.2) is 0 Å². The van der Waals surface area contributed by atoms with Crippen LogP contribution in [0.2, 0.25) is 0 Å². The number of benzene rings is 2. The van der Waals surface area contributed by atoms with Gasteiger partial charge in [-0.1, -0.05) is 12.2 Å². The van der Waals surface area contributed by atoms with Crippen LogP contribution in [0.15, 0.2) is 54.7 Å². The van der Waals surface area contributed by atoms with E-state index < -0.39 is 11.6 Å². The van der Waals surface area contributed by atoms with Crippen LogP contribution in [0.25, 0.3) is 17.0 Å². The van der Waals surface area contributed by atoms with Crippen molar-refractivity contribution in [1.29, 1.82) is 0 Å². The molecule has 7 heteroatoms. The van der Waals surface area contributed by atoms with Gasteiger partial charge in [-0.25, -0.2) is 13.2 Å². The Labute approximate surface area is 185 Å². The lowest BCUT2D eigenvalue weighted by molar-refractivity contribution is -0.0156. The predicted octanol–water partition coefficient (Wildman–Crippen LogP) is 4.37. The van der Waals surface area contributed by atoms with E-state index in [9.17, 15) is 13.2 Å². The van der Waals surface area contributed by atoms with Crippen molar-refractivity contribution in [2.24, 2.45) is 5.73 Å². The summed E-state index contributed by atoms with van der Waals surface area (Å²) in [7, 11) is 0. The second-order valence-corrected chi connectivity index (χ2v) is 8.12. The molecular weight excluding hydrogens is 415 g/mol. The number of nitrogens with two attached hydrogens (primary N) is 1. The van der Waals surface area contributed by atoms with Crippen LogP contribution in [0.5, 0.6) is 0 Å². The van der Waals surface area contributed by atoms with Crippen LogP contribution < -0.4 is 11.1 Å². The molecule has 1 saturated heterocycles. The van der Waals surface area contributed by atoms with Gasteiger partial charge in [0.1, 0.15) is 17.5 Å². The highest BCUT2D eigenvalue weighted by atomic mass is 19.1. The third-order valence-corrected chi connectivity index (χ3v) is 5.82. The number of fused-ring (bicyclic) bond motifs is 1. The van der Waals surface area contributed by atoms with Gasteiger partial charge in [-0.2, -0.15) is 0 Å². The van der Waals surface area contributed by atoms with Gasteiger partial charge in [-0.15, -0.1) is 0 Å². The molecule has 0 unspecified atom stereocenters. The van der Waals surface area contributed by atoms with Crippen molar-refractivity contribution in [3.63, 3.8) is 0 Å². The number of halogens is 3. The molecule has 0 spiro atoms. The molecule has 3 N–H and O–H groups in total. The Bertz CT molecular complexity index is 1100. The lowest BCUT2D eigenvalue weighted by Gasteiger charge is -2.33. The van der Waals surface area contributed by atoms with Crippen molar-refractivity contribution in [3.8, 4) is 0 Å². The summed E-state index contributed by atoms with van der Waals surface area (Å²) in [4.78, 5) is 4.28. The highest BCUT2D eigenvalue weighted by Crippen LogP contribution is 2.23. The number of rotatable bonds is 7. The van der Waals surface area contributed by atoms with Crippen LogP contribution in [0.3, 0.4) is 0 Å². The number of ether oxygens (including phenoxy) is 1. The van der Waals surface area contributed by atoms with Crippen molar-refractivity contribution in [1.82, 2.24) is 10.3 Å². The SMILES string of the molecule is N[C@H](Cc1ccnc2ccc(F)cc12)[C@@H]1CC[C@@H](NCC=Cc2cc(F)ccc2F)CO1. The van der Waals surface area contributed by atoms with E-state index in [0.717, 1.165) is 41.4 Å². The van der Waals surface area contributed by atoms with Gasteiger partial charge in [-0.3, -0.25) is 4.98 Å². The Morgan fingerprint density at radius 1 is 1.09 bits per heavy atom. The average molecular weight is 441 g/mol. The Hall–Kier alpha value is -2.74. The first-order chi connectivity index (χ1) is 15.5. The fourth-order valence-electron chi connectivity index (χ4n) is 4.07. The molecule has 168 valence electrons. The van der Waals surface area contributed by atoms with Crippen LogP contribution in [0, 0.1) is 17.5 Å². The maximum Gasteiger partial charge on any atom is 0.130 e. The van der Waals surface area contributed by atoms with Crippen LogP contribution in [0.1, 0.15) is 24.0 Å². The summed E-state index contributed by atoms with van der Waals surface area (Å²) in [5.74, 6) is -1.21. The number of nitrogens with zero attached hydrogens (tertiary/aromatic N) is 1. The number of nitrogens with one attached hydrogen (secondary N) is 1. The molecule has 1 aromatic heterocycles. The van der Waals surface area contributed by atoms with Crippen LogP contribution in [-0.4, -0.2) is 36.3 Å². The summed E-state index contributed by atoms with van der Waals surface area (Å²) in [6.45, 7) is 1.04. The first-order valence-electron chi connectivity index (χ1n) is 10.7. The van der Waals surface area contributed by atoms with Crippen molar-refractivity contribution >= 4 is 17.0 Å². The van der Waals surface area contributed by atoms with Gasteiger partial charge in [0.2, 0.25) is 0 Å². The molecular formula is C25H26F3N3O. The monoisotopic (exact) mass is 441 g/mol. The summed E-state index contributed by atoms with van der Waals surface area (Å²) in [5, 5.41) is 4.12. The van der Waals surface area contributed by atoms with Crippen LogP contribution in [0.4, 0.5) is 13.2 Å². The van der Waals surface area contributed by atoms with Gasteiger partial charge in [-0.05, 0) is 67.3 Å². The molecule has 3 atom stereocenters. The van der Waals surface area contributed by atoms with Crippen LogP contribution in [-0.2, 0) is 11.2 Å². The van der Waals surface area contributed by atoms with Crippen molar-refractivity contribution in [2.75, 3.05) is 13.2 Å². The second kappa shape index (κ2) is 10.3. The first kappa shape index (κ1) is 22.5. The Morgan fingerprint density at radius 3 is 2.72 bits per heavy atom. The van der Waals surface area contributed by atoms with Crippen molar-refractivity contribution < 1.29 is 17.9 Å². The molecule has 0 aliphatic carbocycles. The van der Waals surface area contributed by atoms with E-state index in [0.29, 0.717) is 19.6 Å². The van der Waals surface area contributed by atoms with E-state index >= 15 is 0 Å². The quantitative estimate of drug-likeness (QED) is 0.572. The Kier molecular flexibility index (Phi) is 7.19. The Morgan fingerprint density at radius 2 is 1.91 bits per heavy atom. The maximum absolute atomic E-state index is 13.7. The third-order valence-electron chi connectivity index (χ3n) is 5.82. The largest absolute Gasteiger partial charge is 0.375 e. The molecule has 0 bridgehead atoms. The predicted molar refractivity (Wildman–Crippen MR) is 120 cm³/mol. The summed E-state index contributed by atoms with van der Waals surface area (Å²) >= 11 is 0. The van der Waals surface area contributed by atoms with E-state index in [1.165, 1.54) is 18.2 Å². The first-order valence-corrected chi connectivity index (χ1v) is 10.7. The average Bonchev–Trinajstić information content (AvgIpc) is 2.79. The molecule has 3 aromatic rings. The smallest absolute Gasteiger partial charge is 0.130 e. The molecule has 32 heavy (non-hydrogen) atoms. The van der Waals surface area contributed by atoms with E-state index in [1.54, 1.807) is 24.4 Å². The number of pyridine rings is 1. The van der Waals surface area contributed by atoms with Crippen molar-refractivity contribution in [3.05, 3.63) is 83.3 Å². The second-order valence-electron chi connectivity index (χ2n) is 8.12. The normalized spacial score (nSPS) is 20.1. The minimum Gasteiger partial charge on any atom is -0.375 e. The number of hydrogen-bond donors (Lipinski definition) is 2. The van der Waals surface area contributed by atoms with Gasteiger partial charge in [0.05, 0.1) is 18.2 Å². The summed E-state index contributed by atoms with van der Waals surface area (Å²) in [6, 6.07) is 9.79. The van der Waals surface area contributed by atoms with Crippen molar-refractivity contribution in [2.45, 2.75) is 37.5 Å². The minimum absolute atomic E-state index is 0.0817. The topological polar surface area (TPSA) is 60.2 Å². The third kappa shape index (κ3) is 5.54. The van der Waals surface area contributed by atoms with Gasteiger partial charge in [0.25, 0.3) is 0 Å². The summed E-state index contributed by atoms with van der Waals surface area (Å²) in [6.07, 6.45) is 7.24. The molecule has 2 heterocycles. The molecule has 4 rings (SSSR count). The molecule has 0 amide bonds. The molecule has 0 saturated carbocycles. The van der Waals surface area contributed by atoms with Gasteiger partial charge in [0, 0.05) is 35.8 Å². The van der Waals surface area contributed by atoms with Crippen LogP contribution >= 0.6 is 0 Å². The summed E-state index contributed by atoms with van der Waals surface area (Å²) in [5.41, 5.74) is 8.36. The summed E-state index contributed by atoms with van der Waals surface area (Å²) < 4.78 is 46.5. The number of aromatic nitrogens is 1. The maximum atomic E-state index is 13.7. The lowest BCUT2D eigenvalue weighted by Crippen LogP contribution is -2.47. The molecule has 4 nitrogen and oxygen atoms in total. The fraction of sp³-hybridized carbons (Fsp3) is 0.320. The fourth-order valence-corrected chi connectivity index (χ4v) is 4.07. The van der Waals surface area contributed by atoms with Gasteiger partial charge >= 0.3 is 0 Å². The molecule has 1 aliphatic rings. The zero-order valence-corrected chi connectivity index (χ0v) is 17.6.